The largest absolute Gasteiger partial charge is 0.248 e. The molecule has 0 bridgehead atoms. The first-order valence-electron chi connectivity index (χ1n) is 4.24. The van der Waals surface area contributed by atoms with Crippen LogP contribution < -0.4 is 0 Å². The fourth-order valence-electron chi connectivity index (χ4n) is 1.30. The van der Waals surface area contributed by atoms with Crippen LogP contribution in [0.1, 0.15) is 0 Å². The van der Waals surface area contributed by atoms with Crippen molar-refractivity contribution in [2.45, 2.75) is 0 Å². The number of hydrogen-bond acceptors (Lipinski definition) is 1. The predicted molar refractivity (Wildman–Crippen MR) is 70.1 cm³/mol. The molecule has 0 aliphatic heterocycles. The third-order valence-corrected chi connectivity index (χ3v) is 3.38. The number of hydrogen-bond donors (Lipinski definition) is 0. The Labute approximate surface area is 110 Å². The zero-order valence-corrected chi connectivity index (χ0v) is 11.5. The summed E-state index contributed by atoms with van der Waals surface area (Å²) >= 11 is 12.9. The van der Waals surface area contributed by atoms with Gasteiger partial charge in [-0.05, 0) is 44.0 Å². The summed E-state index contributed by atoms with van der Waals surface area (Å²) in [5.74, 6) is 0. The first-order valence-corrected chi connectivity index (χ1v) is 6.21. The Hall–Kier alpha value is -0.380. The van der Waals surface area contributed by atoms with Gasteiger partial charge in [0.15, 0.2) is 0 Å². The maximum absolute atomic E-state index is 6.13. The van der Waals surface area contributed by atoms with Crippen molar-refractivity contribution in [3.05, 3.63) is 50.6 Å². The van der Waals surface area contributed by atoms with Gasteiger partial charge < -0.3 is 0 Å². The molecule has 4 heteroatoms. The van der Waals surface area contributed by atoms with Crippen molar-refractivity contribution < 1.29 is 0 Å². The quantitative estimate of drug-likeness (QED) is 0.667. The van der Waals surface area contributed by atoms with Crippen LogP contribution in [0.5, 0.6) is 0 Å². The summed E-state index contributed by atoms with van der Waals surface area (Å²) in [6, 6.07) is 9.66. The highest BCUT2D eigenvalue weighted by Gasteiger charge is 2.07. The van der Waals surface area contributed by atoms with Gasteiger partial charge in [-0.15, -0.1) is 0 Å². The number of benzene rings is 1. The first-order chi connectivity index (χ1) is 7.18. The summed E-state index contributed by atoms with van der Waals surface area (Å²) in [6.07, 6.45) is 1.75. The molecular formula is C11H6Br2ClN. The number of aromatic nitrogens is 1. The van der Waals surface area contributed by atoms with E-state index in [4.69, 9.17) is 11.6 Å². The summed E-state index contributed by atoms with van der Waals surface area (Å²) < 4.78 is 1.72. The molecule has 76 valence electrons. The zero-order valence-electron chi connectivity index (χ0n) is 7.55. The molecule has 0 saturated carbocycles. The van der Waals surface area contributed by atoms with Crippen molar-refractivity contribution in [1.82, 2.24) is 4.98 Å². The van der Waals surface area contributed by atoms with E-state index in [-0.39, 0.29) is 0 Å². The summed E-state index contributed by atoms with van der Waals surface area (Å²) in [5, 5.41) is 0.733. The van der Waals surface area contributed by atoms with Gasteiger partial charge in [0.05, 0.1) is 0 Å². The van der Waals surface area contributed by atoms with Crippen LogP contribution in [-0.2, 0) is 0 Å². The zero-order chi connectivity index (χ0) is 10.8. The highest BCUT2D eigenvalue weighted by atomic mass is 79.9. The lowest BCUT2D eigenvalue weighted by molar-refractivity contribution is 1.26. The van der Waals surface area contributed by atoms with Gasteiger partial charge in [-0.2, -0.15) is 0 Å². The summed E-state index contributed by atoms with van der Waals surface area (Å²) in [7, 11) is 0. The van der Waals surface area contributed by atoms with Crippen molar-refractivity contribution in [3.63, 3.8) is 0 Å². The molecule has 1 nitrogen and oxygen atoms in total. The van der Waals surface area contributed by atoms with E-state index in [1.807, 2.05) is 30.3 Å². The summed E-state index contributed by atoms with van der Waals surface area (Å²) in [6.45, 7) is 0. The van der Waals surface area contributed by atoms with Gasteiger partial charge in [0, 0.05) is 26.8 Å². The fraction of sp³-hybridized carbons (Fsp3) is 0. The van der Waals surface area contributed by atoms with Crippen molar-refractivity contribution in [2.75, 3.05) is 0 Å². The van der Waals surface area contributed by atoms with E-state index >= 15 is 0 Å². The highest BCUT2D eigenvalue weighted by Crippen LogP contribution is 2.33. The van der Waals surface area contributed by atoms with Crippen molar-refractivity contribution in [1.29, 1.82) is 0 Å². The second kappa shape index (κ2) is 4.64. The van der Waals surface area contributed by atoms with Crippen LogP contribution in [-0.4, -0.2) is 4.98 Å². The van der Waals surface area contributed by atoms with E-state index in [0.717, 1.165) is 25.2 Å². The second-order valence-electron chi connectivity index (χ2n) is 2.97. The fourth-order valence-corrected chi connectivity index (χ4v) is 2.30. The van der Waals surface area contributed by atoms with Gasteiger partial charge in [-0.1, -0.05) is 29.8 Å². The minimum Gasteiger partial charge on any atom is -0.248 e. The molecule has 0 amide bonds. The minimum absolute atomic E-state index is 0.733. The molecule has 1 heterocycles. The Balaban J connectivity index is 2.64. The molecule has 15 heavy (non-hydrogen) atoms. The third kappa shape index (κ3) is 2.41. The standard InChI is InChI=1S/C11H6Br2ClN/c12-9-6-15-11(13)5-8(9)7-3-1-2-4-10(7)14/h1-6H. The molecule has 0 atom stereocenters. The number of nitrogens with zero attached hydrogens (tertiary/aromatic N) is 1. The number of rotatable bonds is 1. The lowest BCUT2D eigenvalue weighted by Crippen LogP contribution is -1.84. The Morgan fingerprint density at radius 2 is 1.80 bits per heavy atom. The topological polar surface area (TPSA) is 12.9 Å². The Kier molecular flexibility index (Phi) is 3.44. The average molecular weight is 347 g/mol. The van der Waals surface area contributed by atoms with Gasteiger partial charge in [0.25, 0.3) is 0 Å². The maximum atomic E-state index is 6.13. The van der Waals surface area contributed by atoms with Crippen molar-refractivity contribution >= 4 is 43.5 Å². The van der Waals surface area contributed by atoms with Crippen LogP contribution in [0.2, 0.25) is 5.02 Å². The van der Waals surface area contributed by atoms with Crippen LogP contribution in [0, 0.1) is 0 Å². The molecule has 1 aromatic heterocycles. The van der Waals surface area contributed by atoms with Crippen molar-refractivity contribution in [2.24, 2.45) is 0 Å². The van der Waals surface area contributed by atoms with Crippen LogP contribution in [0.4, 0.5) is 0 Å². The smallest absolute Gasteiger partial charge is 0.106 e. The SMILES string of the molecule is Clc1ccccc1-c1cc(Br)ncc1Br. The van der Waals surface area contributed by atoms with Crippen LogP contribution in [0.25, 0.3) is 11.1 Å². The molecule has 0 fully saturated rings. The molecule has 2 aromatic rings. The van der Waals surface area contributed by atoms with Gasteiger partial charge in [-0.3, -0.25) is 0 Å². The molecule has 2 rings (SSSR count). The molecule has 0 radical (unpaired) electrons. The Morgan fingerprint density at radius 3 is 2.53 bits per heavy atom. The molecule has 0 saturated heterocycles. The van der Waals surface area contributed by atoms with E-state index in [2.05, 4.69) is 36.8 Å². The molecule has 0 aliphatic carbocycles. The monoisotopic (exact) mass is 345 g/mol. The van der Waals surface area contributed by atoms with Crippen LogP contribution in [0.15, 0.2) is 45.6 Å². The Bertz CT molecular complexity index is 500. The van der Waals surface area contributed by atoms with E-state index in [0.29, 0.717) is 0 Å². The van der Waals surface area contributed by atoms with Gasteiger partial charge in [-0.25, -0.2) is 4.98 Å². The molecule has 1 aromatic carbocycles. The molecule has 0 spiro atoms. The molecule has 0 unspecified atom stereocenters. The predicted octanol–water partition coefficient (Wildman–Crippen LogP) is 4.93. The minimum atomic E-state index is 0.733. The van der Waals surface area contributed by atoms with E-state index in [9.17, 15) is 0 Å². The third-order valence-electron chi connectivity index (χ3n) is 1.99. The molecule has 0 N–H and O–H groups in total. The average Bonchev–Trinajstić information content (AvgIpc) is 2.23. The van der Waals surface area contributed by atoms with Crippen LogP contribution in [0.3, 0.4) is 0 Å². The lowest BCUT2D eigenvalue weighted by Gasteiger charge is -2.06. The summed E-state index contributed by atoms with van der Waals surface area (Å²) in [4.78, 5) is 4.12. The van der Waals surface area contributed by atoms with Crippen molar-refractivity contribution in [3.8, 4) is 11.1 Å². The van der Waals surface area contributed by atoms with Gasteiger partial charge >= 0.3 is 0 Å². The van der Waals surface area contributed by atoms with E-state index < -0.39 is 0 Å². The lowest BCUT2D eigenvalue weighted by atomic mass is 10.1. The highest BCUT2D eigenvalue weighted by molar-refractivity contribution is 9.11. The Morgan fingerprint density at radius 1 is 1.07 bits per heavy atom. The maximum Gasteiger partial charge on any atom is 0.106 e. The molecular weight excluding hydrogens is 341 g/mol. The molecule has 0 aliphatic rings. The van der Waals surface area contributed by atoms with Gasteiger partial charge in [0.1, 0.15) is 4.60 Å². The number of pyridine rings is 1. The van der Waals surface area contributed by atoms with E-state index in [1.54, 1.807) is 6.20 Å². The first kappa shape index (κ1) is 11.1. The van der Waals surface area contributed by atoms with E-state index in [1.165, 1.54) is 0 Å². The van der Waals surface area contributed by atoms with Gasteiger partial charge in [0.2, 0.25) is 0 Å². The number of halogens is 3. The normalized spacial score (nSPS) is 10.3. The second-order valence-corrected chi connectivity index (χ2v) is 5.04. The summed E-state index contributed by atoms with van der Waals surface area (Å²) in [5.41, 5.74) is 2.02. The van der Waals surface area contributed by atoms with Crippen LogP contribution >= 0.6 is 43.5 Å².